The normalized spacial score (nSPS) is 15.1. The lowest BCUT2D eigenvalue weighted by Crippen LogP contribution is -2.40. The average Bonchev–Trinajstić information content (AvgIpc) is 2.67. The second-order valence-corrected chi connectivity index (χ2v) is 6.72. The fraction of sp³-hybridized carbons (Fsp3) is 0.650. The number of aliphatic imine (C=N–C) groups is 1. The SMILES string of the molecule is CCNC(=NCCc1cccc(OC)c1O)N(C)CCC1CCOCC1.I. The molecule has 0 atom stereocenters. The molecule has 0 aromatic heterocycles. The Morgan fingerprint density at radius 3 is 2.78 bits per heavy atom. The largest absolute Gasteiger partial charge is 0.504 e. The van der Waals surface area contributed by atoms with E-state index in [9.17, 15) is 5.11 Å². The number of halogens is 1. The summed E-state index contributed by atoms with van der Waals surface area (Å²) in [5, 5.41) is 13.5. The van der Waals surface area contributed by atoms with Gasteiger partial charge in [0.05, 0.1) is 7.11 Å². The van der Waals surface area contributed by atoms with E-state index in [-0.39, 0.29) is 29.7 Å². The molecule has 1 heterocycles. The van der Waals surface area contributed by atoms with Crippen LogP contribution in [0.5, 0.6) is 11.5 Å². The molecule has 1 fully saturated rings. The molecule has 2 N–H and O–H groups in total. The average molecular weight is 491 g/mol. The third-order valence-electron chi connectivity index (χ3n) is 4.86. The number of hydrogen-bond donors (Lipinski definition) is 2. The second-order valence-electron chi connectivity index (χ2n) is 6.72. The Hall–Kier alpha value is -1.22. The van der Waals surface area contributed by atoms with Crippen LogP contribution in [0.15, 0.2) is 23.2 Å². The molecule has 6 nitrogen and oxygen atoms in total. The first kappa shape index (κ1) is 23.8. The minimum Gasteiger partial charge on any atom is -0.504 e. The number of para-hydroxylation sites is 1. The van der Waals surface area contributed by atoms with Crippen molar-refractivity contribution in [1.29, 1.82) is 0 Å². The van der Waals surface area contributed by atoms with Gasteiger partial charge in [-0.25, -0.2) is 0 Å². The molecule has 0 radical (unpaired) electrons. The highest BCUT2D eigenvalue weighted by atomic mass is 127. The molecule has 1 aliphatic heterocycles. The maximum Gasteiger partial charge on any atom is 0.193 e. The van der Waals surface area contributed by atoms with Gasteiger partial charge in [-0.05, 0) is 50.2 Å². The summed E-state index contributed by atoms with van der Waals surface area (Å²) in [6.07, 6.45) is 4.17. The van der Waals surface area contributed by atoms with Crippen LogP contribution < -0.4 is 10.1 Å². The molecule has 0 amide bonds. The van der Waals surface area contributed by atoms with Crippen molar-refractivity contribution in [2.45, 2.75) is 32.6 Å². The van der Waals surface area contributed by atoms with Crippen LogP contribution >= 0.6 is 24.0 Å². The summed E-state index contributed by atoms with van der Waals surface area (Å²) in [6.45, 7) is 6.31. The lowest BCUT2D eigenvalue weighted by atomic mass is 9.96. The smallest absolute Gasteiger partial charge is 0.193 e. The van der Waals surface area contributed by atoms with Crippen molar-refractivity contribution >= 4 is 29.9 Å². The Morgan fingerprint density at radius 2 is 2.11 bits per heavy atom. The van der Waals surface area contributed by atoms with Gasteiger partial charge >= 0.3 is 0 Å². The van der Waals surface area contributed by atoms with E-state index in [0.29, 0.717) is 18.7 Å². The molecule has 2 rings (SSSR count). The van der Waals surface area contributed by atoms with Crippen LogP contribution in [0.4, 0.5) is 0 Å². The van der Waals surface area contributed by atoms with Gasteiger partial charge in [0, 0.05) is 39.9 Å². The molecular weight excluding hydrogens is 457 g/mol. The number of phenolic OH excluding ortho intramolecular Hbond substituents is 1. The van der Waals surface area contributed by atoms with Gasteiger partial charge in [-0.1, -0.05) is 12.1 Å². The number of hydrogen-bond acceptors (Lipinski definition) is 4. The predicted octanol–water partition coefficient (Wildman–Crippen LogP) is 3.28. The van der Waals surface area contributed by atoms with Crippen LogP contribution in [-0.4, -0.2) is 63.0 Å². The molecule has 1 aromatic carbocycles. The lowest BCUT2D eigenvalue weighted by Gasteiger charge is -2.26. The van der Waals surface area contributed by atoms with Crippen molar-refractivity contribution in [2.24, 2.45) is 10.9 Å². The van der Waals surface area contributed by atoms with E-state index in [1.807, 2.05) is 12.1 Å². The molecule has 1 aromatic rings. The van der Waals surface area contributed by atoms with Crippen LogP contribution in [0.2, 0.25) is 0 Å². The molecule has 0 spiro atoms. The van der Waals surface area contributed by atoms with Gasteiger partial charge in [-0.15, -0.1) is 24.0 Å². The lowest BCUT2D eigenvalue weighted by molar-refractivity contribution is 0.0625. The summed E-state index contributed by atoms with van der Waals surface area (Å²) in [7, 11) is 3.65. The summed E-state index contributed by atoms with van der Waals surface area (Å²) in [6, 6.07) is 5.56. The third-order valence-corrected chi connectivity index (χ3v) is 4.86. The molecule has 7 heteroatoms. The molecular formula is C20H34IN3O3. The summed E-state index contributed by atoms with van der Waals surface area (Å²) in [5.41, 5.74) is 0.855. The van der Waals surface area contributed by atoms with Gasteiger partial charge in [-0.3, -0.25) is 4.99 Å². The van der Waals surface area contributed by atoms with Crippen LogP contribution in [0.25, 0.3) is 0 Å². The monoisotopic (exact) mass is 491 g/mol. The standard InChI is InChI=1S/C20H33N3O3.HI/c1-4-21-20(23(2)13-9-16-10-14-26-15-11-16)22-12-8-17-6-5-7-18(25-3)19(17)24;/h5-7,16,24H,4,8-15H2,1-3H3,(H,21,22);1H. The van der Waals surface area contributed by atoms with Gasteiger partial charge in [0.2, 0.25) is 0 Å². The van der Waals surface area contributed by atoms with Gasteiger partial charge in [0.25, 0.3) is 0 Å². The van der Waals surface area contributed by atoms with Gasteiger partial charge in [-0.2, -0.15) is 0 Å². The van der Waals surface area contributed by atoms with Crippen molar-refractivity contribution in [3.05, 3.63) is 23.8 Å². The Kier molecular flexibility index (Phi) is 11.5. The van der Waals surface area contributed by atoms with E-state index >= 15 is 0 Å². The molecule has 1 saturated heterocycles. The number of nitrogens with one attached hydrogen (secondary N) is 1. The Balaban J connectivity index is 0.00000364. The fourth-order valence-electron chi connectivity index (χ4n) is 3.20. The zero-order chi connectivity index (χ0) is 18.8. The van der Waals surface area contributed by atoms with Gasteiger partial charge in [0.15, 0.2) is 17.5 Å². The van der Waals surface area contributed by atoms with E-state index in [4.69, 9.17) is 14.5 Å². The summed E-state index contributed by atoms with van der Waals surface area (Å²) < 4.78 is 10.6. The van der Waals surface area contributed by atoms with Crippen molar-refractivity contribution < 1.29 is 14.6 Å². The number of methoxy groups -OCH3 is 1. The number of nitrogens with zero attached hydrogens (tertiary/aromatic N) is 2. The number of guanidine groups is 1. The highest BCUT2D eigenvalue weighted by molar-refractivity contribution is 14.0. The molecule has 0 aliphatic carbocycles. The van der Waals surface area contributed by atoms with E-state index in [1.165, 1.54) is 6.42 Å². The number of rotatable bonds is 8. The summed E-state index contributed by atoms with van der Waals surface area (Å²) in [5.74, 6) is 2.39. The minimum absolute atomic E-state index is 0. The van der Waals surface area contributed by atoms with E-state index in [1.54, 1.807) is 13.2 Å². The van der Waals surface area contributed by atoms with Crippen LogP contribution in [0.3, 0.4) is 0 Å². The zero-order valence-corrected chi connectivity index (χ0v) is 19.1. The molecule has 0 unspecified atom stereocenters. The predicted molar refractivity (Wildman–Crippen MR) is 121 cm³/mol. The summed E-state index contributed by atoms with van der Waals surface area (Å²) in [4.78, 5) is 6.92. The molecule has 0 bridgehead atoms. The number of aromatic hydroxyl groups is 1. The highest BCUT2D eigenvalue weighted by Gasteiger charge is 2.15. The zero-order valence-electron chi connectivity index (χ0n) is 16.7. The molecule has 27 heavy (non-hydrogen) atoms. The fourth-order valence-corrected chi connectivity index (χ4v) is 3.20. The number of ether oxygens (including phenoxy) is 2. The minimum atomic E-state index is 0. The van der Waals surface area contributed by atoms with Crippen LogP contribution in [-0.2, 0) is 11.2 Å². The summed E-state index contributed by atoms with van der Waals surface area (Å²) >= 11 is 0. The van der Waals surface area contributed by atoms with Crippen LogP contribution in [0.1, 0.15) is 31.7 Å². The second kappa shape index (κ2) is 13.0. The van der Waals surface area contributed by atoms with E-state index in [0.717, 1.165) is 56.6 Å². The molecule has 154 valence electrons. The Morgan fingerprint density at radius 1 is 1.37 bits per heavy atom. The Labute approximate surface area is 180 Å². The quantitative estimate of drug-likeness (QED) is 0.332. The van der Waals surface area contributed by atoms with Crippen molar-refractivity contribution in [3.63, 3.8) is 0 Å². The number of phenols is 1. The van der Waals surface area contributed by atoms with Crippen molar-refractivity contribution in [1.82, 2.24) is 10.2 Å². The van der Waals surface area contributed by atoms with Gasteiger partial charge in [0.1, 0.15) is 0 Å². The molecule has 0 saturated carbocycles. The first-order valence-electron chi connectivity index (χ1n) is 9.57. The highest BCUT2D eigenvalue weighted by Crippen LogP contribution is 2.29. The molecule has 1 aliphatic rings. The maximum atomic E-state index is 10.2. The first-order valence-corrected chi connectivity index (χ1v) is 9.57. The first-order chi connectivity index (χ1) is 12.7. The van der Waals surface area contributed by atoms with E-state index in [2.05, 4.69) is 24.2 Å². The third kappa shape index (κ3) is 7.73. The van der Waals surface area contributed by atoms with Crippen molar-refractivity contribution in [2.75, 3.05) is 47.0 Å². The van der Waals surface area contributed by atoms with Crippen LogP contribution in [0, 0.1) is 5.92 Å². The maximum absolute atomic E-state index is 10.2. The topological polar surface area (TPSA) is 66.3 Å². The van der Waals surface area contributed by atoms with Gasteiger partial charge < -0.3 is 24.8 Å². The van der Waals surface area contributed by atoms with Crippen molar-refractivity contribution in [3.8, 4) is 11.5 Å². The van der Waals surface area contributed by atoms with E-state index < -0.39 is 0 Å². The number of benzene rings is 1. The Bertz CT molecular complexity index is 578.